The number of hydrogen-bond donors (Lipinski definition) is 1. The first kappa shape index (κ1) is 16.1. The lowest BCUT2D eigenvalue weighted by atomic mass is 10.2. The number of fused-ring (bicyclic) bond motifs is 1. The number of halogens is 1. The fourth-order valence-corrected chi connectivity index (χ4v) is 3.87. The highest BCUT2D eigenvalue weighted by Crippen LogP contribution is 2.33. The predicted octanol–water partition coefficient (Wildman–Crippen LogP) is 3.80. The topological polar surface area (TPSA) is 61.9 Å². The first-order chi connectivity index (χ1) is 12.2. The summed E-state index contributed by atoms with van der Waals surface area (Å²) in [5.74, 6) is 0.370. The van der Waals surface area contributed by atoms with Crippen molar-refractivity contribution in [3.8, 4) is 0 Å². The quantitative estimate of drug-likeness (QED) is 0.725. The average molecular weight is 356 g/mol. The number of imidazole rings is 1. The summed E-state index contributed by atoms with van der Waals surface area (Å²) in [5, 5.41) is 0.727. The van der Waals surface area contributed by atoms with Gasteiger partial charge in [0, 0.05) is 12.7 Å². The molecule has 0 aliphatic carbocycles. The molecule has 1 fully saturated rings. The van der Waals surface area contributed by atoms with Gasteiger partial charge in [-0.2, -0.15) is 0 Å². The average Bonchev–Trinajstić information content (AvgIpc) is 3.27. The highest BCUT2D eigenvalue weighted by atomic mass is 32.2. The number of likely N-dealkylation sites (tertiary alicyclic amines) is 1. The molecule has 1 N–H and O–H groups in total. The fraction of sp³-hybridized carbons (Fsp3) is 0.278. The first-order valence-electron chi connectivity index (χ1n) is 8.12. The molecule has 0 saturated carbocycles. The van der Waals surface area contributed by atoms with Crippen LogP contribution in [0.5, 0.6) is 0 Å². The summed E-state index contributed by atoms with van der Waals surface area (Å²) in [5.41, 5.74) is 1.98. The van der Waals surface area contributed by atoms with E-state index in [9.17, 15) is 9.18 Å². The Morgan fingerprint density at radius 3 is 3.12 bits per heavy atom. The molecule has 3 aromatic rings. The Bertz CT molecular complexity index is 942. The third-order valence-electron chi connectivity index (χ3n) is 4.49. The van der Waals surface area contributed by atoms with Crippen LogP contribution < -0.4 is 0 Å². The second kappa shape index (κ2) is 6.48. The molecule has 1 amide bonds. The van der Waals surface area contributed by atoms with Crippen molar-refractivity contribution in [2.75, 3.05) is 12.8 Å². The maximum Gasteiger partial charge on any atom is 0.257 e. The highest BCUT2D eigenvalue weighted by molar-refractivity contribution is 7.98. The monoisotopic (exact) mass is 356 g/mol. The summed E-state index contributed by atoms with van der Waals surface area (Å²) in [6.07, 6.45) is 5.35. The largest absolute Gasteiger partial charge is 0.340 e. The molecular weight excluding hydrogens is 339 g/mol. The Kier molecular flexibility index (Phi) is 4.17. The van der Waals surface area contributed by atoms with E-state index in [2.05, 4.69) is 15.0 Å². The first-order valence-corrected chi connectivity index (χ1v) is 9.35. The minimum Gasteiger partial charge on any atom is -0.340 e. The van der Waals surface area contributed by atoms with E-state index in [1.165, 1.54) is 23.9 Å². The van der Waals surface area contributed by atoms with E-state index in [4.69, 9.17) is 0 Å². The molecule has 1 aromatic carbocycles. The lowest BCUT2D eigenvalue weighted by molar-refractivity contribution is 0.0726. The molecule has 1 atom stereocenters. The second-order valence-corrected chi connectivity index (χ2v) is 6.80. The molecule has 0 spiro atoms. The number of rotatable bonds is 3. The van der Waals surface area contributed by atoms with E-state index in [1.54, 1.807) is 18.3 Å². The van der Waals surface area contributed by atoms with E-state index in [-0.39, 0.29) is 17.8 Å². The van der Waals surface area contributed by atoms with Gasteiger partial charge in [0.2, 0.25) is 0 Å². The van der Waals surface area contributed by atoms with Gasteiger partial charge in [-0.25, -0.2) is 14.4 Å². The number of benzene rings is 1. The van der Waals surface area contributed by atoms with E-state index >= 15 is 0 Å². The van der Waals surface area contributed by atoms with Crippen molar-refractivity contribution >= 4 is 28.7 Å². The number of amides is 1. The van der Waals surface area contributed by atoms with Crippen LogP contribution in [0.2, 0.25) is 0 Å². The van der Waals surface area contributed by atoms with Crippen LogP contribution in [0.4, 0.5) is 4.39 Å². The lowest BCUT2D eigenvalue weighted by Gasteiger charge is -2.23. The SMILES string of the molecule is CSc1ncccc1C(=O)N1CCC[C@H]1c1nc2ccc(F)cc2[nH]1. The Hall–Kier alpha value is -2.41. The molecule has 3 heterocycles. The van der Waals surface area contributed by atoms with E-state index in [0.717, 1.165) is 17.9 Å². The number of hydrogen-bond acceptors (Lipinski definition) is 4. The standard InChI is InChI=1S/C18H17FN4OS/c1-25-17-12(4-2-8-20-17)18(24)23-9-3-5-15(23)16-21-13-7-6-11(19)10-14(13)22-16/h2,4,6-8,10,15H,3,5,9H2,1H3,(H,21,22)/t15-/m0/s1. The minimum atomic E-state index is -0.304. The maximum atomic E-state index is 13.4. The Balaban J connectivity index is 1.68. The van der Waals surface area contributed by atoms with Crippen molar-refractivity contribution in [3.05, 3.63) is 53.7 Å². The van der Waals surface area contributed by atoms with Gasteiger partial charge in [-0.1, -0.05) is 0 Å². The van der Waals surface area contributed by atoms with Gasteiger partial charge in [0.1, 0.15) is 16.7 Å². The van der Waals surface area contributed by atoms with Crippen LogP contribution in [0.1, 0.15) is 35.1 Å². The van der Waals surface area contributed by atoms with E-state index in [0.29, 0.717) is 29.0 Å². The van der Waals surface area contributed by atoms with Crippen molar-refractivity contribution in [1.29, 1.82) is 0 Å². The third kappa shape index (κ3) is 2.89. The molecule has 1 aliphatic heterocycles. The number of thioether (sulfide) groups is 1. The predicted molar refractivity (Wildman–Crippen MR) is 95.1 cm³/mol. The number of nitrogens with zero attached hydrogens (tertiary/aromatic N) is 3. The smallest absolute Gasteiger partial charge is 0.257 e. The molecule has 25 heavy (non-hydrogen) atoms. The molecular formula is C18H17FN4OS. The van der Waals surface area contributed by atoms with Crippen molar-refractivity contribution in [2.45, 2.75) is 23.9 Å². The molecule has 2 aromatic heterocycles. The number of nitrogens with one attached hydrogen (secondary N) is 1. The summed E-state index contributed by atoms with van der Waals surface area (Å²) in [6.45, 7) is 0.678. The van der Waals surface area contributed by atoms with Gasteiger partial charge in [-0.15, -0.1) is 11.8 Å². The number of carbonyl (C=O) groups is 1. The number of H-pyrrole nitrogens is 1. The molecule has 0 unspecified atom stereocenters. The molecule has 5 nitrogen and oxygen atoms in total. The Morgan fingerprint density at radius 1 is 1.40 bits per heavy atom. The summed E-state index contributed by atoms with van der Waals surface area (Å²) in [7, 11) is 0. The molecule has 0 radical (unpaired) electrons. The highest BCUT2D eigenvalue weighted by Gasteiger charge is 2.33. The van der Waals surface area contributed by atoms with Crippen molar-refractivity contribution in [3.63, 3.8) is 0 Å². The number of carbonyl (C=O) groups excluding carboxylic acids is 1. The zero-order valence-corrected chi connectivity index (χ0v) is 14.5. The van der Waals surface area contributed by atoms with Gasteiger partial charge in [-0.3, -0.25) is 4.79 Å². The van der Waals surface area contributed by atoms with Gasteiger partial charge in [0.25, 0.3) is 5.91 Å². The maximum absolute atomic E-state index is 13.4. The molecule has 0 bridgehead atoms. The number of aromatic amines is 1. The summed E-state index contributed by atoms with van der Waals surface area (Å²) in [4.78, 5) is 26.9. The van der Waals surface area contributed by atoms with Crippen LogP contribution in [-0.2, 0) is 0 Å². The third-order valence-corrected chi connectivity index (χ3v) is 5.20. The zero-order chi connectivity index (χ0) is 17.4. The van der Waals surface area contributed by atoms with Crippen molar-refractivity contribution < 1.29 is 9.18 Å². The normalized spacial score (nSPS) is 17.4. The summed E-state index contributed by atoms with van der Waals surface area (Å²) >= 11 is 1.46. The van der Waals surface area contributed by atoms with Crippen LogP contribution in [0.15, 0.2) is 41.6 Å². The lowest BCUT2D eigenvalue weighted by Crippen LogP contribution is -2.31. The van der Waals surface area contributed by atoms with Gasteiger partial charge in [0.15, 0.2) is 0 Å². The van der Waals surface area contributed by atoms with Crippen LogP contribution in [0.3, 0.4) is 0 Å². The van der Waals surface area contributed by atoms with Crippen molar-refractivity contribution in [1.82, 2.24) is 19.9 Å². The van der Waals surface area contributed by atoms with E-state index < -0.39 is 0 Å². The van der Waals surface area contributed by atoms with Crippen LogP contribution in [0.25, 0.3) is 11.0 Å². The number of pyridine rings is 1. The minimum absolute atomic E-state index is 0.0356. The Labute approximate surface area is 148 Å². The molecule has 1 aliphatic rings. The van der Waals surface area contributed by atoms with Crippen LogP contribution >= 0.6 is 11.8 Å². The van der Waals surface area contributed by atoms with Gasteiger partial charge >= 0.3 is 0 Å². The van der Waals surface area contributed by atoms with Crippen LogP contribution in [-0.4, -0.2) is 38.6 Å². The second-order valence-electron chi connectivity index (χ2n) is 6.00. The van der Waals surface area contributed by atoms with Crippen LogP contribution in [0, 0.1) is 5.82 Å². The summed E-state index contributed by atoms with van der Waals surface area (Å²) < 4.78 is 13.4. The molecule has 4 rings (SSSR count). The molecule has 1 saturated heterocycles. The van der Waals surface area contributed by atoms with Gasteiger partial charge in [-0.05, 0) is 49.4 Å². The van der Waals surface area contributed by atoms with E-state index in [1.807, 2.05) is 17.2 Å². The van der Waals surface area contributed by atoms with Crippen molar-refractivity contribution in [2.24, 2.45) is 0 Å². The number of aromatic nitrogens is 3. The Morgan fingerprint density at radius 2 is 2.28 bits per heavy atom. The molecule has 7 heteroatoms. The van der Waals surface area contributed by atoms with Gasteiger partial charge < -0.3 is 9.88 Å². The fourth-order valence-electron chi connectivity index (χ4n) is 3.32. The van der Waals surface area contributed by atoms with Gasteiger partial charge in [0.05, 0.1) is 22.6 Å². The zero-order valence-electron chi connectivity index (χ0n) is 13.7. The summed E-state index contributed by atoms with van der Waals surface area (Å²) in [6, 6.07) is 7.94. The molecule has 128 valence electrons.